The smallest absolute Gasteiger partial charge is 0.269 e. The molecule has 0 saturated carbocycles. The molecule has 124 valence electrons. The molecule has 3 amide bonds. The third-order valence-electron chi connectivity index (χ3n) is 2.92. The number of carbonyl (C=O) groups is 3. The molecule has 6 nitrogen and oxygen atoms in total. The molecule has 0 radical (unpaired) electrons. The summed E-state index contributed by atoms with van der Waals surface area (Å²) in [6, 6.07) is 11.1. The first-order chi connectivity index (χ1) is 11.5. The molecule has 24 heavy (non-hydrogen) atoms. The van der Waals surface area contributed by atoms with Gasteiger partial charge in [0, 0.05) is 16.1 Å². The van der Waals surface area contributed by atoms with Crippen molar-refractivity contribution in [2.45, 2.75) is 0 Å². The highest BCUT2D eigenvalue weighted by Gasteiger charge is 2.10. The summed E-state index contributed by atoms with van der Waals surface area (Å²) < 4.78 is 12.8. The Hall–Kier alpha value is -2.93. The van der Waals surface area contributed by atoms with Crippen LogP contribution in [0.4, 0.5) is 4.39 Å². The average Bonchev–Trinajstić information content (AvgIpc) is 2.58. The van der Waals surface area contributed by atoms with Crippen molar-refractivity contribution >= 4 is 29.3 Å². The Morgan fingerprint density at radius 3 is 2.29 bits per heavy atom. The molecule has 0 atom stereocenters. The average molecular weight is 350 g/mol. The predicted molar refractivity (Wildman–Crippen MR) is 85.8 cm³/mol. The Bertz CT molecular complexity index is 765. The van der Waals surface area contributed by atoms with E-state index in [2.05, 4.69) is 16.2 Å². The van der Waals surface area contributed by atoms with Gasteiger partial charge in [-0.15, -0.1) is 0 Å². The lowest BCUT2D eigenvalue weighted by atomic mass is 10.2. The minimum Gasteiger partial charge on any atom is -0.343 e. The largest absolute Gasteiger partial charge is 0.343 e. The van der Waals surface area contributed by atoms with Crippen LogP contribution < -0.4 is 16.2 Å². The minimum atomic E-state index is -0.624. The van der Waals surface area contributed by atoms with Crippen LogP contribution in [0.5, 0.6) is 0 Å². The number of hydrazine groups is 1. The molecular formula is C16H13ClFN3O3. The fourth-order valence-corrected chi connectivity index (χ4v) is 1.93. The Morgan fingerprint density at radius 1 is 0.917 bits per heavy atom. The lowest BCUT2D eigenvalue weighted by Crippen LogP contribution is -2.46. The van der Waals surface area contributed by atoms with Gasteiger partial charge < -0.3 is 5.32 Å². The Kier molecular flexibility index (Phi) is 5.86. The molecule has 2 aromatic rings. The minimum absolute atomic E-state index is 0.215. The third kappa shape index (κ3) is 5.06. The first-order valence-corrected chi connectivity index (χ1v) is 7.22. The van der Waals surface area contributed by atoms with Gasteiger partial charge >= 0.3 is 0 Å². The molecule has 0 aliphatic rings. The quantitative estimate of drug-likeness (QED) is 0.734. The van der Waals surface area contributed by atoms with E-state index < -0.39 is 23.5 Å². The maximum Gasteiger partial charge on any atom is 0.269 e. The molecule has 0 fully saturated rings. The lowest BCUT2D eigenvalue weighted by molar-refractivity contribution is -0.120. The van der Waals surface area contributed by atoms with Gasteiger partial charge in [0.05, 0.1) is 6.54 Å². The number of carbonyl (C=O) groups excluding carboxylic acids is 3. The summed E-state index contributed by atoms with van der Waals surface area (Å²) in [7, 11) is 0. The van der Waals surface area contributed by atoms with Crippen molar-refractivity contribution in [1.29, 1.82) is 0 Å². The second kappa shape index (κ2) is 8.07. The zero-order valence-corrected chi connectivity index (χ0v) is 13.1. The van der Waals surface area contributed by atoms with Crippen molar-refractivity contribution in [3.8, 4) is 0 Å². The maximum absolute atomic E-state index is 12.8. The first-order valence-electron chi connectivity index (χ1n) is 6.84. The summed E-state index contributed by atoms with van der Waals surface area (Å²) in [5.41, 5.74) is 4.85. The standard InChI is InChI=1S/C16H13ClFN3O3/c17-12-3-1-2-11(8-12)16(24)21-20-14(22)9-19-15(23)10-4-6-13(18)7-5-10/h1-8H,9H2,(H,19,23)(H,20,22)(H,21,24). The zero-order valence-electron chi connectivity index (χ0n) is 12.3. The monoisotopic (exact) mass is 349 g/mol. The third-order valence-corrected chi connectivity index (χ3v) is 3.15. The summed E-state index contributed by atoms with van der Waals surface area (Å²) in [4.78, 5) is 35.1. The van der Waals surface area contributed by atoms with Gasteiger partial charge in [-0.05, 0) is 42.5 Å². The molecular weight excluding hydrogens is 337 g/mol. The number of hydrogen-bond acceptors (Lipinski definition) is 3. The molecule has 0 aliphatic heterocycles. The van der Waals surface area contributed by atoms with E-state index in [4.69, 9.17) is 11.6 Å². The van der Waals surface area contributed by atoms with Crippen molar-refractivity contribution in [3.05, 3.63) is 70.5 Å². The predicted octanol–water partition coefficient (Wildman–Crippen LogP) is 1.67. The number of hydrogen-bond donors (Lipinski definition) is 3. The Balaban J connectivity index is 1.78. The summed E-state index contributed by atoms with van der Waals surface area (Å²) in [6.07, 6.45) is 0. The van der Waals surface area contributed by atoms with Crippen molar-refractivity contribution in [1.82, 2.24) is 16.2 Å². The molecule has 2 rings (SSSR count). The number of rotatable bonds is 4. The van der Waals surface area contributed by atoms with Crippen LogP contribution in [0.1, 0.15) is 20.7 Å². The van der Waals surface area contributed by atoms with E-state index in [1.165, 1.54) is 24.3 Å². The van der Waals surface area contributed by atoms with E-state index in [1.54, 1.807) is 12.1 Å². The second-order valence-electron chi connectivity index (χ2n) is 4.70. The van der Waals surface area contributed by atoms with Crippen LogP contribution in [0, 0.1) is 5.82 Å². The van der Waals surface area contributed by atoms with Crippen molar-refractivity contribution in [2.24, 2.45) is 0 Å². The molecule has 0 bridgehead atoms. The zero-order chi connectivity index (χ0) is 17.5. The molecule has 0 saturated heterocycles. The molecule has 0 aliphatic carbocycles. The first kappa shape index (κ1) is 17.4. The van der Waals surface area contributed by atoms with Crippen LogP contribution in [0.25, 0.3) is 0 Å². The number of halogens is 2. The Morgan fingerprint density at radius 2 is 1.62 bits per heavy atom. The molecule has 3 N–H and O–H groups in total. The van der Waals surface area contributed by atoms with E-state index >= 15 is 0 Å². The van der Waals surface area contributed by atoms with E-state index in [-0.39, 0.29) is 17.7 Å². The molecule has 0 spiro atoms. The van der Waals surface area contributed by atoms with Gasteiger partial charge in [-0.2, -0.15) is 0 Å². The van der Waals surface area contributed by atoms with Crippen LogP contribution in [0.3, 0.4) is 0 Å². The van der Waals surface area contributed by atoms with Gasteiger partial charge in [0.2, 0.25) is 0 Å². The molecule has 0 unspecified atom stereocenters. The van der Waals surface area contributed by atoms with Gasteiger partial charge in [-0.25, -0.2) is 4.39 Å². The van der Waals surface area contributed by atoms with Crippen LogP contribution >= 0.6 is 11.6 Å². The van der Waals surface area contributed by atoms with Crippen LogP contribution in [0.15, 0.2) is 48.5 Å². The Labute approximate surface area is 142 Å². The van der Waals surface area contributed by atoms with Gasteiger partial charge in [0.15, 0.2) is 0 Å². The van der Waals surface area contributed by atoms with Crippen LogP contribution in [0.2, 0.25) is 5.02 Å². The highest BCUT2D eigenvalue weighted by atomic mass is 35.5. The fourth-order valence-electron chi connectivity index (χ4n) is 1.74. The van der Waals surface area contributed by atoms with Crippen LogP contribution in [-0.2, 0) is 4.79 Å². The second-order valence-corrected chi connectivity index (χ2v) is 5.14. The van der Waals surface area contributed by atoms with E-state index in [9.17, 15) is 18.8 Å². The normalized spacial score (nSPS) is 9.92. The highest BCUT2D eigenvalue weighted by Crippen LogP contribution is 2.10. The van der Waals surface area contributed by atoms with Crippen molar-refractivity contribution in [2.75, 3.05) is 6.54 Å². The number of benzene rings is 2. The molecule has 0 aromatic heterocycles. The maximum atomic E-state index is 12.8. The topological polar surface area (TPSA) is 87.3 Å². The van der Waals surface area contributed by atoms with Gasteiger partial charge in [-0.1, -0.05) is 17.7 Å². The summed E-state index contributed by atoms with van der Waals surface area (Å²) in [5, 5.41) is 2.73. The summed E-state index contributed by atoms with van der Waals surface area (Å²) in [5.74, 6) is -2.17. The number of amides is 3. The lowest BCUT2D eigenvalue weighted by Gasteiger charge is -2.08. The molecule has 0 heterocycles. The fraction of sp³-hybridized carbons (Fsp3) is 0.0625. The van der Waals surface area contributed by atoms with Gasteiger partial charge in [-0.3, -0.25) is 25.2 Å². The SMILES string of the molecule is O=C(CNC(=O)c1ccc(F)cc1)NNC(=O)c1cccc(Cl)c1. The van der Waals surface area contributed by atoms with E-state index in [0.29, 0.717) is 5.02 Å². The van der Waals surface area contributed by atoms with E-state index in [1.807, 2.05) is 0 Å². The van der Waals surface area contributed by atoms with Gasteiger partial charge in [0.25, 0.3) is 17.7 Å². The summed E-state index contributed by atoms with van der Waals surface area (Å²) in [6.45, 7) is -0.355. The molecule has 8 heteroatoms. The highest BCUT2D eigenvalue weighted by molar-refractivity contribution is 6.30. The summed E-state index contributed by atoms with van der Waals surface area (Å²) >= 11 is 5.77. The van der Waals surface area contributed by atoms with Crippen LogP contribution in [-0.4, -0.2) is 24.3 Å². The number of nitrogens with one attached hydrogen (secondary N) is 3. The van der Waals surface area contributed by atoms with E-state index in [0.717, 1.165) is 12.1 Å². The van der Waals surface area contributed by atoms with Crippen molar-refractivity contribution < 1.29 is 18.8 Å². The van der Waals surface area contributed by atoms with Crippen molar-refractivity contribution in [3.63, 3.8) is 0 Å². The van der Waals surface area contributed by atoms with Gasteiger partial charge in [0.1, 0.15) is 5.82 Å². The molecule has 2 aromatic carbocycles.